The highest BCUT2D eigenvalue weighted by atomic mass is 16.4. The smallest absolute Gasteiger partial charge is 0.408 e. The first-order valence-electron chi connectivity index (χ1n) is 3.76. The molecule has 0 fully saturated rings. The van der Waals surface area contributed by atoms with Crippen molar-refractivity contribution < 1.29 is 15.1 Å². The van der Waals surface area contributed by atoms with Gasteiger partial charge in [-0.1, -0.05) is 5.16 Å². The third kappa shape index (κ3) is 3.64. The molecule has 0 bridgehead atoms. The topological polar surface area (TPSA) is 99.1 Å². The predicted molar refractivity (Wildman–Crippen MR) is 47.9 cm³/mol. The summed E-state index contributed by atoms with van der Waals surface area (Å²) in [5, 5.41) is 19.8. The van der Waals surface area contributed by atoms with E-state index in [4.69, 9.17) is 16.0 Å². The molecule has 0 radical (unpaired) electrons. The Hall–Kier alpha value is -1.46. The molecule has 0 saturated carbocycles. The van der Waals surface area contributed by atoms with Crippen LogP contribution in [-0.2, 0) is 0 Å². The highest BCUT2D eigenvalue weighted by Gasteiger charge is 2.26. The van der Waals surface area contributed by atoms with Crippen LogP contribution in [0, 0.1) is 0 Å². The summed E-state index contributed by atoms with van der Waals surface area (Å²) in [6.07, 6.45) is -1.10. The van der Waals surface area contributed by atoms with Crippen LogP contribution in [0.15, 0.2) is 5.16 Å². The summed E-state index contributed by atoms with van der Waals surface area (Å²) in [5.74, 6) is -0.127. The number of hydrogen-bond acceptors (Lipinski definition) is 3. The molecule has 0 aromatic heterocycles. The molecule has 0 aliphatic carbocycles. The van der Waals surface area contributed by atoms with Crippen molar-refractivity contribution in [1.82, 2.24) is 4.90 Å². The lowest BCUT2D eigenvalue weighted by atomic mass is 10.1. The molecule has 0 rings (SSSR count). The molecule has 0 aliphatic rings. The Bertz CT molecular complexity index is 220. The Kier molecular flexibility index (Phi) is 3.53. The maximum absolute atomic E-state index is 10.7. The van der Waals surface area contributed by atoms with Crippen LogP contribution in [0.3, 0.4) is 0 Å². The number of carboxylic acid groups (broad SMARTS) is 1. The summed E-state index contributed by atoms with van der Waals surface area (Å²) in [4.78, 5) is 11.8. The van der Waals surface area contributed by atoms with Gasteiger partial charge in [-0.15, -0.1) is 0 Å². The van der Waals surface area contributed by atoms with Crippen LogP contribution < -0.4 is 5.73 Å². The van der Waals surface area contributed by atoms with Gasteiger partial charge < -0.3 is 16.0 Å². The first-order chi connectivity index (χ1) is 5.79. The van der Waals surface area contributed by atoms with E-state index in [0.29, 0.717) is 0 Å². The van der Waals surface area contributed by atoms with E-state index in [1.807, 2.05) is 0 Å². The zero-order chi connectivity index (χ0) is 10.6. The minimum atomic E-state index is -1.10. The Balaban J connectivity index is 4.56. The number of amidine groups is 1. The molecule has 13 heavy (non-hydrogen) atoms. The van der Waals surface area contributed by atoms with Crippen molar-refractivity contribution in [2.75, 3.05) is 6.54 Å². The van der Waals surface area contributed by atoms with Crippen LogP contribution in [0.1, 0.15) is 20.8 Å². The summed E-state index contributed by atoms with van der Waals surface area (Å²) in [5.41, 5.74) is 4.64. The summed E-state index contributed by atoms with van der Waals surface area (Å²) >= 11 is 0. The average molecular weight is 189 g/mol. The average Bonchev–Trinajstić information content (AvgIpc) is 1.96. The SMILES string of the molecule is CC(C)(C)N(CC(N)=NO)C(=O)O. The van der Waals surface area contributed by atoms with E-state index >= 15 is 0 Å². The van der Waals surface area contributed by atoms with Gasteiger partial charge in [-0.25, -0.2) is 4.79 Å². The van der Waals surface area contributed by atoms with E-state index in [0.717, 1.165) is 4.90 Å². The quantitative estimate of drug-likeness (QED) is 0.255. The molecule has 0 saturated heterocycles. The minimum absolute atomic E-state index is 0.102. The van der Waals surface area contributed by atoms with Crippen molar-refractivity contribution in [3.05, 3.63) is 0 Å². The second-order valence-electron chi connectivity index (χ2n) is 3.63. The minimum Gasteiger partial charge on any atom is -0.465 e. The Morgan fingerprint density at radius 1 is 1.54 bits per heavy atom. The van der Waals surface area contributed by atoms with Crippen molar-refractivity contribution >= 4 is 11.9 Å². The van der Waals surface area contributed by atoms with Crippen LogP contribution in [0.4, 0.5) is 4.79 Å². The number of oxime groups is 1. The van der Waals surface area contributed by atoms with Crippen molar-refractivity contribution in [3.63, 3.8) is 0 Å². The van der Waals surface area contributed by atoms with E-state index < -0.39 is 11.6 Å². The van der Waals surface area contributed by atoms with Gasteiger partial charge in [0.2, 0.25) is 0 Å². The molecule has 0 aromatic carbocycles. The van der Waals surface area contributed by atoms with Gasteiger partial charge in [-0.05, 0) is 20.8 Å². The van der Waals surface area contributed by atoms with Crippen molar-refractivity contribution in [1.29, 1.82) is 0 Å². The van der Waals surface area contributed by atoms with E-state index in [1.54, 1.807) is 20.8 Å². The van der Waals surface area contributed by atoms with E-state index in [1.165, 1.54) is 0 Å². The van der Waals surface area contributed by atoms with E-state index in [2.05, 4.69) is 5.16 Å². The number of amides is 1. The summed E-state index contributed by atoms with van der Waals surface area (Å²) < 4.78 is 0. The summed E-state index contributed by atoms with van der Waals surface area (Å²) in [6.45, 7) is 5.08. The molecule has 0 aromatic rings. The molecule has 4 N–H and O–H groups in total. The van der Waals surface area contributed by atoms with Crippen molar-refractivity contribution in [2.24, 2.45) is 10.9 Å². The van der Waals surface area contributed by atoms with Crippen LogP contribution >= 0.6 is 0 Å². The maximum Gasteiger partial charge on any atom is 0.408 e. The maximum atomic E-state index is 10.7. The third-order valence-corrected chi connectivity index (χ3v) is 1.49. The van der Waals surface area contributed by atoms with Gasteiger partial charge in [0.05, 0.1) is 6.54 Å². The number of carbonyl (C=O) groups is 1. The van der Waals surface area contributed by atoms with E-state index in [-0.39, 0.29) is 12.4 Å². The summed E-state index contributed by atoms with van der Waals surface area (Å²) in [7, 11) is 0. The molecule has 0 atom stereocenters. The second-order valence-corrected chi connectivity index (χ2v) is 3.63. The van der Waals surface area contributed by atoms with E-state index in [9.17, 15) is 4.79 Å². The predicted octanol–water partition coefficient (Wildman–Crippen LogP) is 0.511. The molecule has 0 heterocycles. The van der Waals surface area contributed by atoms with Crippen molar-refractivity contribution in [3.8, 4) is 0 Å². The van der Waals surface area contributed by atoms with Crippen LogP contribution in [0.5, 0.6) is 0 Å². The third-order valence-electron chi connectivity index (χ3n) is 1.49. The normalized spacial score (nSPS) is 12.7. The Labute approximate surface area is 76.6 Å². The fraction of sp³-hybridized carbons (Fsp3) is 0.714. The van der Waals surface area contributed by atoms with Gasteiger partial charge in [-0.3, -0.25) is 4.90 Å². The molecule has 1 amide bonds. The van der Waals surface area contributed by atoms with Gasteiger partial charge in [0, 0.05) is 5.54 Å². The largest absolute Gasteiger partial charge is 0.465 e. The lowest BCUT2D eigenvalue weighted by Gasteiger charge is -2.32. The van der Waals surface area contributed by atoms with Gasteiger partial charge in [-0.2, -0.15) is 0 Å². The molecular formula is C7H15N3O3. The molecule has 0 aliphatic heterocycles. The van der Waals surface area contributed by atoms with Gasteiger partial charge >= 0.3 is 6.09 Å². The fourth-order valence-electron chi connectivity index (χ4n) is 0.785. The van der Waals surface area contributed by atoms with Crippen LogP contribution in [0.25, 0.3) is 0 Å². The molecule has 76 valence electrons. The van der Waals surface area contributed by atoms with Crippen LogP contribution in [0.2, 0.25) is 0 Å². The zero-order valence-corrected chi connectivity index (χ0v) is 7.98. The fourth-order valence-corrected chi connectivity index (χ4v) is 0.785. The number of hydrogen-bond donors (Lipinski definition) is 3. The van der Waals surface area contributed by atoms with Gasteiger partial charge in [0.25, 0.3) is 0 Å². The Morgan fingerprint density at radius 3 is 2.23 bits per heavy atom. The van der Waals surface area contributed by atoms with Gasteiger partial charge in [0.1, 0.15) is 0 Å². The number of rotatable bonds is 2. The molecule has 6 heteroatoms. The van der Waals surface area contributed by atoms with Gasteiger partial charge in [0.15, 0.2) is 5.84 Å². The zero-order valence-electron chi connectivity index (χ0n) is 7.98. The molecule has 0 spiro atoms. The first kappa shape index (κ1) is 11.5. The standard InChI is InChI=1S/C7H15N3O3/c1-7(2,3)10(6(11)12)4-5(8)9-13/h13H,4H2,1-3H3,(H2,8,9)(H,11,12). The summed E-state index contributed by atoms with van der Waals surface area (Å²) in [6, 6.07) is 0. The highest BCUT2D eigenvalue weighted by Crippen LogP contribution is 2.12. The second kappa shape index (κ2) is 3.97. The molecule has 0 unspecified atom stereocenters. The Morgan fingerprint density at radius 2 is 2.00 bits per heavy atom. The molecular weight excluding hydrogens is 174 g/mol. The van der Waals surface area contributed by atoms with Crippen LogP contribution in [-0.4, -0.2) is 39.2 Å². The number of nitrogens with two attached hydrogens (primary N) is 1. The monoisotopic (exact) mass is 189 g/mol. The lowest BCUT2D eigenvalue weighted by molar-refractivity contribution is 0.110. The lowest BCUT2D eigenvalue weighted by Crippen LogP contribution is -2.49. The molecule has 6 nitrogen and oxygen atoms in total. The highest BCUT2D eigenvalue weighted by molar-refractivity contribution is 5.84. The van der Waals surface area contributed by atoms with Crippen molar-refractivity contribution in [2.45, 2.75) is 26.3 Å². The number of nitrogens with zero attached hydrogens (tertiary/aromatic N) is 2. The first-order valence-corrected chi connectivity index (χ1v) is 3.76.